The number of anilines is 1. The average Bonchev–Trinajstić information content (AvgIpc) is 2.71. The number of piperazine rings is 1. The Morgan fingerprint density at radius 2 is 1.57 bits per heavy atom. The van der Waals surface area contributed by atoms with Crippen LogP contribution in [0.3, 0.4) is 0 Å². The zero-order valence-electron chi connectivity index (χ0n) is 15.6. The van der Waals surface area contributed by atoms with Crippen molar-refractivity contribution >= 4 is 40.8 Å². The van der Waals surface area contributed by atoms with Gasteiger partial charge < -0.3 is 14.5 Å². The first-order valence-corrected chi connectivity index (χ1v) is 9.73. The maximum atomic E-state index is 12.9. The summed E-state index contributed by atoms with van der Waals surface area (Å²) in [7, 11) is 0. The number of hydrogen-bond donors (Lipinski definition) is 0. The second kappa shape index (κ2) is 9.14. The van der Waals surface area contributed by atoms with E-state index in [0.29, 0.717) is 31.9 Å². The van der Waals surface area contributed by atoms with E-state index >= 15 is 0 Å². The highest BCUT2D eigenvalue weighted by Crippen LogP contribution is 2.32. The van der Waals surface area contributed by atoms with Crippen molar-refractivity contribution in [3.63, 3.8) is 0 Å². The third-order valence-electron chi connectivity index (χ3n) is 4.66. The molecule has 160 valence electrons. The van der Waals surface area contributed by atoms with Gasteiger partial charge in [0.2, 0.25) is 0 Å². The lowest BCUT2D eigenvalue weighted by Gasteiger charge is -2.36. The van der Waals surface area contributed by atoms with Gasteiger partial charge in [-0.1, -0.05) is 35.3 Å². The molecule has 0 aliphatic carbocycles. The second-order valence-electron chi connectivity index (χ2n) is 6.59. The van der Waals surface area contributed by atoms with Crippen molar-refractivity contribution in [1.29, 1.82) is 0 Å². The zero-order chi connectivity index (χ0) is 21.9. The molecule has 10 heteroatoms. The van der Waals surface area contributed by atoms with Gasteiger partial charge in [-0.25, -0.2) is 4.79 Å². The van der Waals surface area contributed by atoms with Gasteiger partial charge in [0.05, 0.1) is 21.2 Å². The van der Waals surface area contributed by atoms with Crippen LogP contribution < -0.4 is 4.90 Å². The molecule has 1 aliphatic heterocycles. The largest absolute Gasteiger partial charge is 0.452 e. The monoisotopic (exact) mass is 460 g/mol. The molecule has 1 aliphatic rings. The summed E-state index contributed by atoms with van der Waals surface area (Å²) < 4.78 is 43.7. The number of benzene rings is 2. The Balaban J connectivity index is 1.54. The van der Waals surface area contributed by atoms with E-state index < -0.39 is 30.2 Å². The van der Waals surface area contributed by atoms with Gasteiger partial charge in [0.25, 0.3) is 5.91 Å². The first-order chi connectivity index (χ1) is 14.2. The molecule has 0 unspecified atom stereocenters. The summed E-state index contributed by atoms with van der Waals surface area (Å²) in [6, 6.07) is 9.61. The quantitative estimate of drug-likeness (QED) is 0.629. The summed E-state index contributed by atoms with van der Waals surface area (Å²) in [5.41, 5.74) is -0.289. The van der Waals surface area contributed by atoms with Crippen LogP contribution in [0.25, 0.3) is 0 Å². The molecule has 1 amide bonds. The highest BCUT2D eigenvalue weighted by Gasteiger charge is 2.31. The lowest BCUT2D eigenvalue weighted by molar-refractivity contribution is -0.137. The molecule has 0 atom stereocenters. The molecule has 0 spiro atoms. The van der Waals surface area contributed by atoms with Crippen LogP contribution >= 0.6 is 23.2 Å². The van der Waals surface area contributed by atoms with Crippen molar-refractivity contribution in [2.45, 2.75) is 6.18 Å². The van der Waals surface area contributed by atoms with Gasteiger partial charge in [0.15, 0.2) is 6.61 Å². The van der Waals surface area contributed by atoms with Gasteiger partial charge >= 0.3 is 12.1 Å². The van der Waals surface area contributed by atoms with E-state index in [1.54, 1.807) is 17.0 Å². The molecule has 1 heterocycles. The molecule has 30 heavy (non-hydrogen) atoms. The Kier molecular flexibility index (Phi) is 6.77. The minimum atomic E-state index is -4.41. The summed E-state index contributed by atoms with van der Waals surface area (Å²) in [5.74, 6) is -1.21. The number of hydrogen-bond acceptors (Lipinski definition) is 4. The Bertz CT molecular complexity index is 925. The topological polar surface area (TPSA) is 49.9 Å². The molecular weight excluding hydrogens is 444 g/mol. The number of ether oxygens (including phenoxy) is 1. The number of alkyl halides is 3. The van der Waals surface area contributed by atoms with Crippen LogP contribution in [-0.4, -0.2) is 49.6 Å². The van der Waals surface area contributed by atoms with Crippen LogP contribution in [0.5, 0.6) is 0 Å². The average molecular weight is 461 g/mol. The Labute approximate surface area is 180 Å². The van der Waals surface area contributed by atoms with Crippen molar-refractivity contribution in [3.05, 3.63) is 63.6 Å². The molecule has 0 radical (unpaired) electrons. The summed E-state index contributed by atoms with van der Waals surface area (Å²) in [4.78, 5) is 27.8. The lowest BCUT2D eigenvalue weighted by Crippen LogP contribution is -2.50. The number of carbonyl (C=O) groups is 2. The molecule has 0 bridgehead atoms. The highest BCUT2D eigenvalue weighted by molar-refractivity contribution is 6.39. The number of carbonyl (C=O) groups excluding carboxylic acids is 2. The smallest absolute Gasteiger partial charge is 0.416 e. The normalized spacial score (nSPS) is 14.6. The summed E-state index contributed by atoms with van der Waals surface area (Å²) in [5, 5.41) is 0.240. The first kappa shape index (κ1) is 22.2. The molecule has 5 nitrogen and oxygen atoms in total. The molecule has 0 N–H and O–H groups in total. The van der Waals surface area contributed by atoms with Crippen LogP contribution in [-0.2, 0) is 15.7 Å². The summed E-state index contributed by atoms with van der Waals surface area (Å²) in [6.07, 6.45) is -4.41. The third-order valence-corrected chi connectivity index (χ3v) is 5.29. The van der Waals surface area contributed by atoms with E-state index in [0.717, 1.165) is 12.1 Å². The number of esters is 1. The van der Waals surface area contributed by atoms with Crippen LogP contribution in [0, 0.1) is 0 Å². The molecule has 1 fully saturated rings. The van der Waals surface area contributed by atoms with Crippen LogP contribution in [0.1, 0.15) is 15.9 Å². The summed E-state index contributed by atoms with van der Waals surface area (Å²) in [6.45, 7) is 0.817. The predicted molar refractivity (Wildman–Crippen MR) is 107 cm³/mol. The maximum absolute atomic E-state index is 12.9. The maximum Gasteiger partial charge on any atom is 0.416 e. The minimum absolute atomic E-state index is 0.0111. The van der Waals surface area contributed by atoms with Gasteiger partial charge in [0.1, 0.15) is 0 Å². The second-order valence-corrected chi connectivity index (χ2v) is 7.40. The number of nitrogens with zero attached hydrogens (tertiary/aromatic N) is 2. The molecule has 3 rings (SSSR count). The van der Waals surface area contributed by atoms with Gasteiger partial charge in [-0.05, 0) is 30.3 Å². The van der Waals surface area contributed by atoms with E-state index in [-0.39, 0.29) is 15.6 Å². The Morgan fingerprint density at radius 3 is 2.17 bits per heavy atom. The van der Waals surface area contributed by atoms with E-state index in [4.69, 9.17) is 27.9 Å². The minimum Gasteiger partial charge on any atom is -0.452 e. The van der Waals surface area contributed by atoms with Gasteiger partial charge in [-0.2, -0.15) is 13.2 Å². The highest BCUT2D eigenvalue weighted by atomic mass is 35.5. The number of halogens is 5. The standard InChI is InChI=1S/C20H17Cl2F3N2O3/c21-15-5-2-6-16(22)18(15)19(29)30-12-17(28)27-9-7-26(8-10-27)14-4-1-3-13(11-14)20(23,24)25/h1-6,11H,7-10,12H2. The number of rotatable bonds is 4. The molecule has 0 saturated carbocycles. The van der Waals surface area contributed by atoms with Gasteiger partial charge in [0, 0.05) is 31.9 Å². The van der Waals surface area contributed by atoms with Crippen LogP contribution in [0.2, 0.25) is 10.0 Å². The zero-order valence-corrected chi connectivity index (χ0v) is 17.1. The van der Waals surface area contributed by atoms with Crippen molar-refractivity contribution < 1.29 is 27.5 Å². The van der Waals surface area contributed by atoms with E-state index in [1.807, 2.05) is 0 Å². The van der Waals surface area contributed by atoms with E-state index in [1.165, 1.54) is 23.1 Å². The fourth-order valence-corrected chi connectivity index (χ4v) is 3.63. The first-order valence-electron chi connectivity index (χ1n) is 8.98. The van der Waals surface area contributed by atoms with Gasteiger partial charge in [-0.15, -0.1) is 0 Å². The molecule has 2 aromatic carbocycles. The van der Waals surface area contributed by atoms with E-state index in [2.05, 4.69) is 0 Å². The van der Waals surface area contributed by atoms with Crippen molar-refractivity contribution in [2.24, 2.45) is 0 Å². The SMILES string of the molecule is O=C(OCC(=O)N1CCN(c2cccc(C(F)(F)F)c2)CC1)c1c(Cl)cccc1Cl. The number of amides is 1. The van der Waals surface area contributed by atoms with E-state index in [9.17, 15) is 22.8 Å². The summed E-state index contributed by atoms with van der Waals surface area (Å²) >= 11 is 11.9. The molecular formula is C20H17Cl2F3N2O3. The van der Waals surface area contributed by atoms with Crippen LogP contribution in [0.4, 0.5) is 18.9 Å². The Morgan fingerprint density at radius 1 is 0.967 bits per heavy atom. The lowest BCUT2D eigenvalue weighted by atomic mass is 10.1. The fourth-order valence-electron chi connectivity index (χ4n) is 3.08. The Hall–Kier alpha value is -2.45. The van der Waals surface area contributed by atoms with Crippen molar-refractivity contribution in [3.8, 4) is 0 Å². The van der Waals surface area contributed by atoms with Crippen molar-refractivity contribution in [2.75, 3.05) is 37.7 Å². The van der Waals surface area contributed by atoms with Crippen molar-refractivity contribution in [1.82, 2.24) is 4.90 Å². The fraction of sp³-hybridized carbons (Fsp3) is 0.300. The van der Waals surface area contributed by atoms with Crippen LogP contribution in [0.15, 0.2) is 42.5 Å². The molecule has 0 aromatic heterocycles. The molecule has 2 aromatic rings. The van der Waals surface area contributed by atoms with Gasteiger partial charge in [-0.3, -0.25) is 4.79 Å². The predicted octanol–water partition coefficient (Wildman–Crippen LogP) is 4.52. The molecule has 1 saturated heterocycles. The third kappa shape index (κ3) is 5.17.